The molecule has 0 aliphatic heterocycles. The Bertz CT molecular complexity index is 633. The number of benzene rings is 2. The van der Waals surface area contributed by atoms with Crippen LogP contribution in [0.15, 0.2) is 36.4 Å². The van der Waals surface area contributed by atoms with E-state index < -0.39 is 0 Å². The summed E-state index contributed by atoms with van der Waals surface area (Å²) in [5, 5.41) is 2.93. The van der Waals surface area contributed by atoms with Crippen molar-refractivity contribution in [2.24, 2.45) is 0 Å². The van der Waals surface area contributed by atoms with E-state index in [9.17, 15) is 4.79 Å². The third-order valence-electron chi connectivity index (χ3n) is 3.35. The molecule has 1 amide bonds. The SMILES string of the molecule is Cc1cc(N)ccc1NC(=O)c1cccc(C)c1C. The zero-order chi connectivity index (χ0) is 14.0. The summed E-state index contributed by atoms with van der Waals surface area (Å²) in [5.41, 5.74) is 11.0. The lowest BCUT2D eigenvalue weighted by Gasteiger charge is -2.11. The molecule has 2 rings (SSSR count). The molecule has 19 heavy (non-hydrogen) atoms. The Balaban J connectivity index is 2.28. The van der Waals surface area contributed by atoms with Crippen LogP contribution in [0.3, 0.4) is 0 Å². The first-order chi connectivity index (χ1) is 8.99. The van der Waals surface area contributed by atoms with Crippen LogP contribution in [0.4, 0.5) is 11.4 Å². The van der Waals surface area contributed by atoms with Crippen molar-refractivity contribution in [2.45, 2.75) is 20.8 Å². The van der Waals surface area contributed by atoms with Gasteiger partial charge in [0.15, 0.2) is 0 Å². The van der Waals surface area contributed by atoms with E-state index in [1.807, 2.05) is 51.1 Å². The summed E-state index contributed by atoms with van der Waals surface area (Å²) in [6, 6.07) is 11.2. The Morgan fingerprint density at radius 2 is 1.79 bits per heavy atom. The molecule has 0 aromatic heterocycles. The second-order valence-corrected chi connectivity index (χ2v) is 4.78. The summed E-state index contributed by atoms with van der Waals surface area (Å²) in [4.78, 5) is 12.3. The molecule has 0 heterocycles. The van der Waals surface area contributed by atoms with Gasteiger partial charge in [0.1, 0.15) is 0 Å². The van der Waals surface area contributed by atoms with Gasteiger partial charge in [0.2, 0.25) is 0 Å². The van der Waals surface area contributed by atoms with Crippen LogP contribution in [0.1, 0.15) is 27.0 Å². The number of aryl methyl sites for hydroxylation is 2. The standard InChI is InChI=1S/C16H18N2O/c1-10-5-4-6-14(12(10)3)16(19)18-15-8-7-13(17)9-11(15)2/h4-9H,17H2,1-3H3,(H,18,19). The van der Waals surface area contributed by atoms with Crippen molar-refractivity contribution in [3.05, 3.63) is 58.7 Å². The number of nitrogens with one attached hydrogen (secondary N) is 1. The third kappa shape index (κ3) is 2.76. The van der Waals surface area contributed by atoms with Gasteiger partial charge in [-0.25, -0.2) is 0 Å². The number of hydrogen-bond donors (Lipinski definition) is 2. The summed E-state index contributed by atoms with van der Waals surface area (Å²) in [6.07, 6.45) is 0. The fourth-order valence-corrected chi connectivity index (χ4v) is 2.01. The monoisotopic (exact) mass is 254 g/mol. The van der Waals surface area contributed by atoms with Gasteiger partial charge in [-0.3, -0.25) is 4.79 Å². The highest BCUT2D eigenvalue weighted by atomic mass is 16.1. The Kier molecular flexibility index (Phi) is 3.56. The highest BCUT2D eigenvalue weighted by molar-refractivity contribution is 6.05. The zero-order valence-corrected chi connectivity index (χ0v) is 11.4. The summed E-state index contributed by atoms with van der Waals surface area (Å²) >= 11 is 0. The molecule has 0 atom stereocenters. The molecular formula is C16H18N2O. The van der Waals surface area contributed by atoms with Gasteiger partial charge < -0.3 is 11.1 Å². The minimum atomic E-state index is -0.0888. The third-order valence-corrected chi connectivity index (χ3v) is 3.35. The smallest absolute Gasteiger partial charge is 0.255 e. The molecular weight excluding hydrogens is 236 g/mol. The molecule has 0 radical (unpaired) electrons. The van der Waals surface area contributed by atoms with Crippen LogP contribution in [-0.2, 0) is 0 Å². The van der Waals surface area contributed by atoms with E-state index in [0.717, 1.165) is 22.4 Å². The maximum Gasteiger partial charge on any atom is 0.255 e. The average molecular weight is 254 g/mol. The Labute approximate surface area is 113 Å². The van der Waals surface area contributed by atoms with E-state index in [2.05, 4.69) is 5.32 Å². The number of anilines is 2. The normalized spacial score (nSPS) is 10.3. The molecule has 0 aliphatic rings. The molecule has 0 aliphatic carbocycles. The van der Waals surface area contributed by atoms with Gasteiger partial charge in [-0.2, -0.15) is 0 Å². The molecule has 2 aromatic rings. The van der Waals surface area contributed by atoms with Gasteiger partial charge in [0.05, 0.1) is 0 Å². The molecule has 2 aromatic carbocycles. The minimum absolute atomic E-state index is 0.0888. The second kappa shape index (κ2) is 5.14. The minimum Gasteiger partial charge on any atom is -0.399 e. The van der Waals surface area contributed by atoms with Gasteiger partial charge in [-0.1, -0.05) is 12.1 Å². The largest absolute Gasteiger partial charge is 0.399 e. The van der Waals surface area contributed by atoms with Crippen LogP contribution in [0.25, 0.3) is 0 Å². The maximum absolute atomic E-state index is 12.3. The van der Waals surface area contributed by atoms with Crippen LogP contribution in [0.2, 0.25) is 0 Å². The van der Waals surface area contributed by atoms with Gasteiger partial charge in [0, 0.05) is 16.9 Å². The summed E-state index contributed by atoms with van der Waals surface area (Å²) in [6.45, 7) is 5.88. The van der Waals surface area contributed by atoms with Crippen molar-refractivity contribution in [3.8, 4) is 0 Å². The Morgan fingerprint density at radius 1 is 1.05 bits per heavy atom. The molecule has 3 N–H and O–H groups in total. The van der Waals surface area contributed by atoms with Gasteiger partial charge in [0.25, 0.3) is 5.91 Å². The first kappa shape index (κ1) is 13.1. The first-order valence-electron chi connectivity index (χ1n) is 6.22. The number of carbonyl (C=O) groups excluding carboxylic acids is 1. The summed E-state index contributed by atoms with van der Waals surface area (Å²) < 4.78 is 0. The molecule has 3 heteroatoms. The number of nitrogen functional groups attached to an aromatic ring is 1. The predicted molar refractivity (Wildman–Crippen MR) is 79.5 cm³/mol. The molecule has 98 valence electrons. The van der Waals surface area contributed by atoms with Crippen molar-refractivity contribution in [2.75, 3.05) is 11.1 Å². The number of hydrogen-bond acceptors (Lipinski definition) is 2. The fraction of sp³-hybridized carbons (Fsp3) is 0.188. The zero-order valence-electron chi connectivity index (χ0n) is 11.4. The topological polar surface area (TPSA) is 55.1 Å². The van der Waals surface area contributed by atoms with Gasteiger partial charge >= 0.3 is 0 Å². The summed E-state index contributed by atoms with van der Waals surface area (Å²) in [7, 11) is 0. The molecule has 0 saturated heterocycles. The van der Waals surface area contributed by atoms with Crippen LogP contribution in [0, 0.1) is 20.8 Å². The Morgan fingerprint density at radius 3 is 2.47 bits per heavy atom. The lowest BCUT2D eigenvalue weighted by Crippen LogP contribution is -2.14. The summed E-state index contributed by atoms with van der Waals surface area (Å²) in [5.74, 6) is -0.0888. The van der Waals surface area contributed by atoms with Crippen LogP contribution in [-0.4, -0.2) is 5.91 Å². The highest BCUT2D eigenvalue weighted by Gasteiger charge is 2.11. The maximum atomic E-state index is 12.3. The van der Waals surface area contributed by atoms with Gasteiger partial charge in [-0.15, -0.1) is 0 Å². The van der Waals surface area contributed by atoms with Crippen molar-refractivity contribution in [3.63, 3.8) is 0 Å². The molecule has 3 nitrogen and oxygen atoms in total. The lowest BCUT2D eigenvalue weighted by molar-refractivity contribution is 0.102. The van der Waals surface area contributed by atoms with E-state index in [4.69, 9.17) is 5.73 Å². The highest BCUT2D eigenvalue weighted by Crippen LogP contribution is 2.20. The molecule has 0 fully saturated rings. The molecule has 0 bridgehead atoms. The van der Waals surface area contributed by atoms with Crippen molar-refractivity contribution in [1.29, 1.82) is 0 Å². The van der Waals surface area contributed by atoms with E-state index in [1.165, 1.54) is 0 Å². The number of nitrogens with two attached hydrogens (primary N) is 1. The number of rotatable bonds is 2. The molecule has 0 unspecified atom stereocenters. The first-order valence-corrected chi connectivity index (χ1v) is 6.22. The lowest BCUT2D eigenvalue weighted by atomic mass is 10.0. The quantitative estimate of drug-likeness (QED) is 0.806. The fourth-order valence-electron chi connectivity index (χ4n) is 2.01. The van der Waals surface area contributed by atoms with Crippen molar-refractivity contribution >= 4 is 17.3 Å². The van der Waals surface area contributed by atoms with E-state index >= 15 is 0 Å². The van der Waals surface area contributed by atoms with E-state index in [0.29, 0.717) is 11.3 Å². The van der Waals surface area contributed by atoms with Crippen LogP contribution in [0.5, 0.6) is 0 Å². The number of amides is 1. The van der Waals surface area contributed by atoms with Crippen molar-refractivity contribution < 1.29 is 4.79 Å². The molecule has 0 saturated carbocycles. The Hall–Kier alpha value is -2.29. The van der Waals surface area contributed by atoms with E-state index in [1.54, 1.807) is 6.07 Å². The average Bonchev–Trinajstić information content (AvgIpc) is 2.36. The van der Waals surface area contributed by atoms with Crippen molar-refractivity contribution in [1.82, 2.24) is 0 Å². The predicted octanol–water partition coefficient (Wildman–Crippen LogP) is 3.45. The van der Waals surface area contributed by atoms with Crippen LogP contribution < -0.4 is 11.1 Å². The second-order valence-electron chi connectivity index (χ2n) is 4.78. The van der Waals surface area contributed by atoms with E-state index in [-0.39, 0.29) is 5.91 Å². The van der Waals surface area contributed by atoms with Crippen LogP contribution >= 0.6 is 0 Å². The molecule has 0 spiro atoms. The van der Waals surface area contributed by atoms with Gasteiger partial charge in [-0.05, 0) is 61.7 Å². The number of carbonyl (C=O) groups is 1.